The van der Waals surface area contributed by atoms with E-state index in [-0.39, 0.29) is 172 Å². The van der Waals surface area contributed by atoms with Crippen LogP contribution in [-0.4, -0.2) is 253 Å². The van der Waals surface area contributed by atoms with Crippen molar-refractivity contribution in [2.24, 2.45) is 16.2 Å². The molecule has 48 heavy (non-hydrogen) atoms. The van der Waals surface area contributed by atoms with Crippen molar-refractivity contribution in [2.45, 2.75) is 79.1 Å². The molecule has 18 nitrogen and oxygen atoms in total. The predicted octanol–water partition coefficient (Wildman–Crippen LogP) is -5.88. The first-order valence-electron chi connectivity index (χ1n) is 13.8. The van der Waals surface area contributed by atoms with Gasteiger partial charge in [0, 0.05) is 35.9 Å². The first-order chi connectivity index (χ1) is 20.4. The second-order valence-electron chi connectivity index (χ2n) is 12.0. The Labute approximate surface area is 369 Å². The molecule has 0 saturated carbocycles. The molecule has 0 heterocycles. The number of rotatable bonds is 18. The van der Waals surface area contributed by atoms with Crippen molar-refractivity contribution >= 4 is 149 Å². The summed E-state index contributed by atoms with van der Waals surface area (Å²) in [6.45, 7) is 8.11. The average Bonchev–Trinajstić information content (AvgIpc) is 2.95. The third kappa shape index (κ3) is 29.0. The molecule has 0 saturated heterocycles. The van der Waals surface area contributed by atoms with Crippen LogP contribution in [0.15, 0.2) is 0 Å². The van der Waals surface area contributed by atoms with Crippen LogP contribution in [0.25, 0.3) is 0 Å². The van der Waals surface area contributed by atoms with Gasteiger partial charge in [0.1, 0.15) is 18.3 Å². The summed E-state index contributed by atoms with van der Waals surface area (Å²) in [6, 6.07) is 0. The molecule has 0 bridgehead atoms. The Morgan fingerprint density at radius 2 is 0.625 bits per heavy atom. The van der Waals surface area contributed by atoms with Gasteiger partial charge in [-0.15, -0.1) is 0 Å². The Morgan fingerprint density at radius 1 is 0.458 bits per heavy atom. The molecule has 276 valence electrons. The standard InChI is InChI=1S/3C9H17NO5.3Ca.6H/c3*1-9(2,5-11)7(14)8(15)10-4-3-6(12)13;;;;;;;;;/h3*7,11,14H,3-5H2,1-2H3,(H,10,15)(H,12,13);;;;;;;;;. The van der Waals surface area contributed by atoms with Crippen LogP contribution >= 0.6 is 0 Å². The summed E-state index contributed by atoms with van der Waals surface area (Å²) in [4.78, 5) is 64.2. The fourth-order valence-corrected chi connectivity index (χ4v) is 2.49. The summed E-state index contributed by atoms with van der Waals surface area (Å²) >= 11 is 0. The number of nitrogens with one attached hydrogen (secondary N) is 3. The molecule has 12 N–H and O–H groups in total. The molecule has 0 aromatic heterocycles. The first-order valence-corrected chi connectivity index (χ1v) is 13.8. The number of carbonyl (C=O) groups is 6. The minimum atomic E-state index is -1.35. The van der Waals surface area contributed by atoms with Crippen molar-refractivity contribution in [1.29, 1.82) is 0 Å². The van der Waals surface area contributed by atoms with E-state index in [4.69, 9.17) is 30.6 Å². The number of aliphatic carboxylic acids is 3. The SMILES string of the molecule is CC(C)(CO)C(O)C(=O)NCCC(=O)O.CC(C)(CO)C(O)C(=O)NCCC(=O)O.CC(C)(CO)C(O)C(=O)NCCC(=O)O.[CaH2].[CaH2].[CaH2]. The zero-order valence-electron chi connectivity index (χ0n) is 26.6. The zero-order chi connectivity index (χ0) is 36.2. The molecule has 0 radical (unpaired) electrons. The normalized spacial score (nSPS) is 12.5. The van der Waals surface area contributed by atoms with Crippen LogP contribution in [0.3, 0.4) is 0 Å². The molecule has 0 fully saturated rings. The Bertz CT molecular complexity index is 851. The quantitative estimate of drug-likeness (QED) is 0.0576. The molecule has 0 aliphatic heterocycles. The summed E-state index contributed by atoms with van der Waals surface area (Å²) in [7, 11) is 0. The summed E-state index contributed by atoms with van der Waals surface area (Å²) in [6.07, 6.45) is -4.64. The van der Waals surface area contributed by atoms with Crippen LogP contribution in [0.2, 0.25) is 0 Å². The summed E-state index contributed by atoms with van der Waals surface area (Å²) < 4.78 is 0. The van der Waals surface area contributed by atoms with E-state index in [9.17, 15) is 44.1 Å². The van der Waals surface area contributed by atoms with Crippen molar-refractivity contribution in [3.05, 3.63) is 0 Å². The van der Waals surface area contributed by atoms with E-state index in [2.05, 4.69) is 16.0 Å². The monoisotopic (exact) mass is 783 g/mol. The summed E-state index contributed by atoms with van der Waals surface area (Å²) in [5.41, 5.74) is -2.81. The Hall–Kier alpha value is 0.359. The fourth-order valence-electron chi connectivity index (χ4n) is 2.49. The van der Waals surface area contributed by atoms with E-state index in [0.29, 0.717) is 0 Å². The van der Waals surface area contributed by atoms with E-state index in [1.807, 2.05) is 0 Å². The van der Waals surface area contributed by atoms with Crippen molar-refractivity contribution in [1.82, 2.24) is 16.0 Å². The number of carboxylic acids is 3. The Morgan fingerprint density at radius 3 is 0.750 bits per heavy atom. The molecule has 3 amide bonds. The zero-order valence-corrected chi connectivity index (χ0v) is 26.6. The van der Waals surface area contributed by atoms with Crippen LogP contribution < -0.4 is 16.0 Å². The number of hydrogen-bond donors (Lipinski definition) is 12. The molecule has 21 heteroatoms. The Kier molecular flexibility index (Phi) is 39.0. The number of hydrogen-bond acceptors (Lipinski definition) is 12. The van der Waals surface area contributed by atoms with E-state index >= 15 is 0 Å². The third-order valence-electron chi connectivity index (χ3n) is 6.10. The molecule has 0 aromatic rings. The van der Waals surface area contributed by atoms with Crippen LogP contribution in [-0.2, 0) is 28.8 Å². The van der Waals surface area contributed by atoms with Gasteiger partial charge in [0.25, 0.3) is 0 Å². The Balaban J connectivity index is -0.000000134. The van der Waals surface area contributed by atoms with Gasteiger partial charge < -0.3 is 61.9 Å². The molecule has 0 aromatic carbocycles. The number of amides is 3. The van der Waals surface area contributed by atoms with E-state index < -0.39 is 70.2 Å². The van der Waals surface area contributed by atoms with E-state index in [0.717, 1.165) is 0 Å². The van der Waals surface area contributed by atoms with Gasteiger partial charge in [-0.1, -0.05) is 41.5 Å². The average molecular weight is 784 g/mol. The van der Waals surface area contributed by atoms with Crippen molar-refractivity contribution in [3.8, 4) is 0 Å². The molecule has 0 aliphatic rings. The minimum absolute atomic E-state index is 0. The van der Waals surface area contributed by atoms with E-state index in [1.165, 1.54) is 41.5 Å². The molecule has 0 spiro atoms. The maximum absolute atomic E-state index is 11.3. The van der Waals surface area contributed by atoms with Crippen LogP contribution in [0.4, 0.5) is 0 Å². The second-order valence-corrected chi connectivity index (χ2v) is 12.0. The number of carboxylic acid groups (broad SMARTS) is 3. The van der Waals surface area contributed by atoms with Gasteiger partial charge >= 0.3 is 131 Å². The van der Waals surface area contributed by atoms with Gasteiger partial charge in [0.2, 0.25) is 17.7 Å². The van der Waals surface area contributed by atoms with Crippen molar-refractivity contribution in [2.75, 3.05) is 39.5 Å². The van der Waals surface area contributed by atoms with Gasteiger partial charge in [-0.2, -0.15) is 0 Å². The van der Waals surface area contributed by atoms with Crippen LogP contribution in [0, 0.1) is 16.2 Å². The maximum atomic E-state index is 11.3. The fraction of sp³-hybridized carbons (Fsp3) is 0.778. The summed E-state index contributed by atoms with van der Waals surface area (Å²) in [5.74, 6) is -5.08. The van der Waals surface area contributed by atoms with Gasteiger partial charge in [-0.3, -0.25) is 28.8 Å². The van der Waals surface area contributed by atoms with Crippen LogP contribution in [0.5, 0.6) is 0 Å². The first kappa shape index (κ1) is 60.4. The summed E-state index contributed by atoms with van der Waals surface area (Å²) in [5, 5.41) is 86.9. The number of aliphatic hydroxyl groups is 6. The molecule has 3 atom stereocenters. The van der Waals surface area contributed by atoms with Crippen molar-refractivity contribution < 1.29 is 74.7 Å². The number of carbonyl (C=O) groups excluding carboxylic acids is 3. The third-order valence-corrected chi connectivity index (χ3v) is 6.10. The molecule has 0 rings (SSSR count). The van der Waals surface area contributed by atoms with Gasteiger partial charge in [-0.25, -0.2) is 0 Å². The second kappa shape index (κ2) is 30.9. The predicted molar refractivity (Wildman–Crippen MR) is 182 cm³/mol. The topological polar surface area (TPSA) is 321 Å². The molecular weight excluding hydrogens is 727 g/mol. The molecule has 3 unspecified atom stereocenters. The van der Waals surface area contributed by atoms with Crippen molar-refractivity contribution in [3.63, 3.8) is 0 Å². The molecular formula is C27H57Ca3N3O15. The van der Waals surface area contributed by atoms with Gasteiger partial charge in [0.15, 0.2) is 0 Å². The van der Waals surface area contributed by atoms with Crippen LogP contribution in [0.1, 0.15) is 60.8 Å². The molecule has 0 aliphatic carbocycles. The van der Waals surface area contributed by atoms with Gasteiger partial charge in [-0.05, 0) is 0 Å². The van der Waals surface area contributed by atoms with E-state index in [1.54, 1.807) is 0 Å². The van der Waals surface area contributed by atoms with Gasteiger partial charge in [0.05, 0.1) is 39.1 Å². The number of aliphatic hydroxyl groups excluding tert-OH is 6.